The van der Waals surface area contributed by atoms with Gasteiger partial charge in [0.2, 0.25) is 5.88 Å². The van der Waals surface area contributed by atoms with E-state index in [9.17, 15) is 14.7 Å². The number of ether oxygens (including phenoxy) is 1. The van der Waals surface area contributed by atoms with Crippen molar-refractivity contribution in [2.24, 2.45) is 7.05 Å². The summed E-state index contributed by atoms with van der Waals surface area (Å²) in [5.74, 6) is 0.0358. The lowest BCUT2D eigenvalue weighted by atomic mass is 9.91. The zero-order chi connectivity index (χ0) is 29.0. The number of anilines is 1. The molecule has 9 nitrogen and oxygen atoms in total. The zero-order valence-corrected chi connectivity index (χ0v) is 23.7. The smallest absolute Gasteiger partial charge is 0.279 e. The van der Waals surface area contributed by atoms with E-state index in [0.717, 1.165) is 43.8 Å². The first-order valence-corrected chi connectivity index (χ1v) is 13.0. The van der Waals surface area contributed by atoms with E-state index in [1.54, 1.807) is 7.11 Å². The highest BCUT2D eigenvalue weighted by Crippen LogP contribution is 2.36. The third-order valence-corrected chi connectivity index (χ3v) is 7.02. The van der Waals surface area contributed by atoms with Crippen LogP contribution in [-0.2, 0) is 13.6 Å². The first-order chi connectivity index (χ1) is 19.1. The molecule has 0 spiro atoms. The van der Waals surface area contributed by atoms with Gasteiger partial charge in [-0.1, -0.05) is 36.4 Å². The number of hydrogen-bond acceptors (Lipinski definition) is 7. The molecule has 2 aromatic carbocycles. The summed E-state index contributed by atoms with van der Waals surface area (Å²) in [6.07, 6.45) is 1.43. The van der Waals surface area contributed by atoms with E-state index in [0.29, 0.717) is 18.1 Å². The van der Waals surface area contributed by atoms with Crippen molar-refractivity contribution < 1.29 is 14.6 Å². The molecule has 0 fully saturated rings. The van der Waals surface area contributed by atoms with Crippen LogP contribution in [0.3, 0.4) is 0 Å². The van der Waals surface area contributed by atoms with Crippen molar-refractivity contribution in [1.82, 2.24) is 20.1 Å². The second-order valence-electron chi connectivity index (χ2n) is 10.3. The van der Waals surface area contributed by atoms with Crippen molar-refractivity contribution in [3.8, 4) is 28.3 Å². The molecule has 0 saturated carbocycles. The van der Waals surface area contributed by atoms with Gasteiger partial charge in [-0.05, 0) is 68.1 Å². The van der Waals surface area contributed by atoms with E-state index in [2.05, 4.69) is 15.7 Å². The normalized spacial score (nSPS) is 11.4. The third kappa shape index (κ3) is 5.95. The SMILES string of the molecule is COc1nc(-c2cccc(-c3cccc(NC(=O)c4ccnn(C)c4=O)c3C)c2C)ccc1CNC(C)(C)CO. The van der Waals surface area contributed by atoms with Crippen LogP contribution >= 0.6 is 0 Å². The fourth-order valence-electron chi connectivity index (χ4n) is 4.46. The minimum atomic E-state index is -0.484. The van der Waals surface area contributed by atoms with Crippen LogP contribution in [0, 0.1) is 13.8 Å². The summed E-state index contributed by atoms with van der Waals surface area (Å²) in [4.78, 5) is 30.1. The van der Waals surface area contributed by atoms with Crippen LogP contribution in [0.1, 0.15) is 40.9 Å². The molecule has 9 heteroatoms. The molecule has 2 heterocycles. The van der Waals surface area contributed by atoms with E-state index >= 15 is 0 Å². The number of carbonyl (C=O) groups excluding carboxylic acids is 1. The Hall–Kier alpha value is -4.34. The van der Waals surface area contributed by atoms with Crippen molar-refractivity contribution in [3.05, 3.63) is 93.4 Å². The first kappa shape index (κ1) is 28.7. The Morgan fingerprint density at radius 2 is 1.68 bits per heavy atom. The van der Waals surface area contributed by atoms with Crippen molar-refractivity contribution in [2.75, 3.05) is 19.0 Å². The van der Waals surface area contributed by atoms with Gasteiger partial charge in [0.25, 0.3) is 11.5 Å². The molecule has 0 aliphatic carbocycles. The predicted molar refractivity (Wildman–Crippen MR) is 157 cm³/mol. The molecule has 0 aliphatic heterocycles. The van der Waals surface area contributed by atoms with Crippen LogP contribution in [0.4, 0.5) is 5.69 Å². The van der Waals surface area contributed by atoms with Gasteiger partial charge in [-0.2, -0.15) is 5.10 Å². The third-order valence-electron chi connectivity index (χ3n) is 7.02. The summed E-state index contributed by atoms with van der Waals surface area (Å²) in [5, 5.41) is 19.6. The highest BCUT2D eigenvalue weighted by atomic mass is 16.5. The molecule has 3 N–H and O–H groups in total. The number of aromatic nitrogens is 3. The van der Waals surface area contributed by atoms with Crippen LogP contribution in [-0.4, -0.2) is 45.0 Å². The molecule has 208 valence electrons. The second kappa shape index (κ2) is 11.8. The highest BCUT2D eigenvalue weighted by Gasteiger charge is 2.19. The molecule has 0 aliphatic rings. The standard InChI is InChI=1S/C31H35N5O4/c1-19-22(23-10-8-12-26(20(23)2)34-28(38)25-15-16-33-36(5)30(25)39)9-7-11-24(19)27-14-13-21(29(35-27)40-6)17-32-31(3,4)18-37/h7-16,32,37H,17-18H2,1-6H3,(H,34,38). The number of nitrogens with one attached hydrogen (secondary N) is 2. The number of aliphatic hydroxyl groups is 1. The lowest BCUT2D eigenvalue weighted by Crippen LogP contribution is -2.42. The average Bonchev–Trinajstić information content (AvgIpc) is 2.94. The maximum Gasteiger partial charge on any atom is 0.279 e. The van der Waals surface area contributed by atoms with Crippen molar-refractivity contribution >= 4 is 11.6 Å². The number of nitrogens with zero attached hydrogens (tertiary/aromatic N) is 3. The minimum Gasteiger partial charge on any atom is -0.481 e. The van der Waals surface area contributed by atoms with E-state index < -0.39 is 17.0 Å². The maximum atomic E-state index is 12.9. The number of aryl methyl sites for hydroxylation is 1. The Kier molecular flexibility index (Phi) is 8.46. The summed E-state index contributed by atoms with van der Waals surface area (Å²) in [7, 11) is 3.11. The molecule has 0 atom stereocenters. The van der Waals surface area contributed by atoms with Gasteiger partial charge in [0.05, 0.1) is 19.4 Å². The lowest BCUT2D eigenvalue weighted by molar-refractivity contribution is 0.102. The summed E-state index contributed by atoms with van der Waals surface area (Å²) >= 11 is 0. The molecule has 0 unspecified atom stereocenters. The van der Waals surface area contributed by atoms with Gasteiger partial charge in [0.1, 0.15) is 5.56 Å². The van der Waals surface area contributed by atoms with Gasteiger partial charge in [-0.3, -0.25) is 9.59 Å². The summed E-state index contributed by atoms with van der Waals surface area (Å²) in [6, 6.07) is 17.1. The molecular weight excluding hydrogens is 506 g/mol. The maximum absolute atomic E-state index is 12.9. The molecule has 4 aromatic rings. The van der Waals surface area contributed by atoms with Crippen LogP contribution in [0.2, 0.25) is 0 Å². The molecule has 0 bridgehead atoms. The van der Waals surface area contributed by atoms with Crippen LogP contribution < -0.4 is 20.9 Å². The molecule has 4 rings (SSSR count). The second-order valence-corrected chi connectivity index (χ2v) is 10.3. The zero-order valence-electron chi connectivity index (χ0n) is 23.7. The van der Waals surface area contributed by atoms with E-state index in [1.807, 2.05) is 76.2 Å². The molecule has 1 amide bonds. The highest BCUT2D eigenvalue weighted by molar-refractivity contribution is 6.04. The molecule has 0 saturated heterocycles. The first-order valence-electron chi connectivity index (χ1n) is 13.0. The van der Waals surface area contributed by atoms with Gasteiger partial charge in [-0.15, -0.1) is 0 Å². The van der Waals surface area contributed by atoms with E-state index in [4.69, 9.17) is 9.72 Å². The van der Waals surface area contributed by atoms with Gasteiger partial charge >= 0.3 is 0 Å². The summed E-state index contributed by atoms with van der Waals surface area (Å²) in [5.41, 5.74) is 6.25. The molecular formula is C31H35N5O4. The summed E-state index contributed by atoms with van der Waals surface area (Å²) < 4.78 is 6.74. The van der Waals surface area contributed by atoms with E-state index in [-0.39, 0.29) is 12.2 Å². The van der Waals surface area contributed by atoms with Crippen molar-refractivity contribution in [3.63, 3.8) is 0 Å². The van der Waals surface area contributed by atoms with Gasteiger partial charge < -0.3 is 20.5 Å². The number of rotatable bonds is 9. The van der Waals surface area contributed by atoms with Gasteiger partial charge in [0.15, 0.2) is 0 Å². The Labute approximate surface area is 233 Å². The topological polar surface area (TPSA) is 118 Å². The number of aliphatic hydroxyl groups excluding tert-OH is 1. The minimum absolute atomic E-state index is 0.0132. The fraction of sp³-hybridized carbons (Fsp3) is 0.290. The van der Waals surface area contributed by atoms with Crippen LogP contribution in [0.5, 0.6) is 5.88 Å². The molecule has 0 radical (unpaired) electrons. The Balaban J connectivity index is 1.66. The van der Waals surface area contributed by atoms with Crippen LogP contribution in [0.25, 0.3) is 22.4 Å². The van der Waals surface area contributed by atoms with Crippen molar-refractivity contribution in [2.45, 2.75) is 39.8 Å². The van der Waals surface area contributed by atoms with Gasteiger partial charge in [0, 0.05) is 42.1 Å². The monoisotopic (exact) mass is 541 g/mol. The predicted octanol–water partition coefficient (Wildman–Crippen LogP) is 4.25. The lowest BCUT2D eigenvalue weighted by Gasteiger charge is -2.24. The van der Waals surface area contributed by atoms with Gasteiger partial charge in [-0.25, -0.2) is 9.67 Å². The molecule has 2 aromatic heterocycles. The van der Waals surface area contributed by atoms with Crippen molar-refractivity contribution in [1.29, 1.82) is 0 Å². The Morgan fingerprint density at radius 1 is 1.00 bits per heavy atom. The fourth-order valence-corrected chi connectivity index (χ4v) is 4.46. The number of amides is 1. The number of pyridine rings is 1. The Bertz CT molecular complexity index is 1610. The number of hydrogen-bond donors (Lipinski definition) is 3. The quantitative estimate of drug-likeness (QED) is 0.290. The number of methoxy groups -OCH3 is 1. The Morgan fingerprint density at radius 3 is 2.38 bits per heavy atom. The summed E-state index contributed by atoms with van der Waals surface area (Å²) in [6.45, 7) is 8.37. The van der Waals surface area contributed by atoms with E-state index in [1.165, 1.54) is 19.3 Å². The molecule has 40 heavy (non-hydrogen) atoms. The van der Waals surface area contributed by atoms with Crippen LogP contribution in [0.15, 0.2) is 65.6 Å². The average molecular weight is 542 g/mol. The number of benzene rings is 2. The number of carbonyl (C=O) groups is 1. The largest absolute Gasteiger partial charge is 0.481 e.